The number of ether oxygens (including phenoxy) is 2. The van der Waals surface area contributed by atoms with Crippen LogP contribution in [0, 0.1) is 0 Å². The lowest BCUT2D eigenvalue weighted by Gasteiger charge is -2.35. The minimum Gasteiger partial charge on any atom is -0.493 e. The average molecular weight is 293 g/mol. The Labute approximate surface area is 127 Å². The second-order valence-electron chi connectivity index (χ2n) is 5.87. The molecule has 5 nitrogen and oxygen atoms in total. The van der Waals surface area contributed by atoms with Crippen LogP contribution in [0.4, 0.5) is 5.69 Å². The van der Waals surface area contributed by atoms with E-state index in [4.69, 9.17) is 15.2 Å². The molecule has 1 fully saturated rings. The fourth-order valence-corrected chi connectivity index (χ4v) is 3.00. The number of hydrogen-bond donors (Lipinski definition) is 1. The summed E-state index contributed by atoms with van der Waals surface area (Å²) in [5.41, 5.74) is 7.84. The van der Waals surface area contributed by atoms with Crippen LogP contribution in [-0.4, -0.2) is 57.2 Å². The molecule has 1 aliphatic rings. The molecule has 0 bridgehead atoms. The van der Waals surface area contributed by atoms with E-state index in [9.17, 15) is 0 Å². The van der Waals surface area contributed by atoms with Gasteiger partial charge in [0.2, 0.25) is 0 Å². The molecular weight excluding hydrogens is 266 g/mol. The van der Waals surface area contributed by atoms with Crippen molar-refractivity contribution in [1.82, 2.24) is 9.80 Å². The van der Waals surface area contributed by atoms with Gasteiger partial charge in [0.15, 0.2) is 11.5 Å². The molecule has 1 saturated heterocycles. The third-order valence-corrected chi connectivity index (χ3v) is 4.31. The van der Waals surface area contributed by atoms with Crippen LogP contribution in [0.15, 0.2) is 12.1 Å². The Hall–Kier alpha value is -1.46. The lowest BCUT2D eigenvalue weighted by atomic mass is 10.0. The van der Waals surface area contributed by atoms with Crippen molar-refractivity contribution < 1.29 is 9.47 Å². The number of likely N-dealkylation sites (tertiary alicyclic amines) is 1. The summed E-state index contributed by atoms with van der Waals surface area (Å²) in [4.78, 5) is 4.80. The van der Waals surface area contributed by atoms with Crippen molar-refractivity contribution in [2.75, 3.05) is 47.1 Å². The lowest BCUT2D eigenvalue weighted by Crippen LogP contribution is -2.41. The smallest absolute Gasteiger partial charge is 0.183 e. The molecule has 5 heteroatoms. The Bertz CT molecular complexity index is 471. The third kappa shape index (κ3) is 3.80. The minimum absolute atomic E-state index is 0.614. The largest absolute Gasteiger partial charge is 0.493 e. The summed E-state index contributed by atoms with van der Waals surface area (Å²) in [7, 11) is 7.62. The summed E-state index contributed by atoms with van der Waals surface area (Å²) in [6.07, 6.45) is 2.44. The SMILES string of the molecule is COc1cc(CN(C)C2CCN(C)CC2)cc(N)c1OC. The first kappa shape index (κ1) is 15.9. The van der Waals surface area contributed by atoms with Gasteiger partial charge in [0.05, 0.1) is 19.9 Å². The van der Waals surface area contributed by atoms with E-state index in [2.05, 4.69) is 23.9 Å². The zero-order valence-corrected chi connectivity index (χ0v) is 13.6. The standard InChI is InChI=1S/C16H27N3O2/c1-18-7-5-13(6-8-18)19(2)11-12-9-14(17)16(21-4)15(10-12)20-3/h9-10,13H,5-8,11,17H2,1-4H3. The van der Waals surface area contributed by atoms with Crippen molar-refractivity contribution in [2.24, 2.45) is 0 Å². The number of rotatable bonds is 5. The second-order valence-corrected chi connectivity index (χ2v) is 5.87. The molecule has 21 heavy (non-hydrogen) atoms. The first-order valence-electron chi connectivity index (χ1n) is 7.44. The Balaban J connectivity index is 2.07. The van der Waals surface area contributed by atoms with Crippen molar-refractivity contribution in [3.05, 3.63) is 17.7 Å². The number of methoxy groups -OCH3 is 2. The summed E-state index contributed by atoms with van der Waals surface area (Å²) in [5.74, 6) is 1.31. The number of nitrogens with two attached hydrogens (primary N) is 1. The fourth-order valence-electron chi connectivity index (χ4n) is 3.00. The zero-order valence-electron chi connectivity index (χ0n) is 13.6. The van der Waals surface area contributed by atoms with E-state index in [1.165, 1.54) is 25.9 Å². The van der Waals surface area contributed by atoms with Gasteiger partial charge in [0, 0.05) is 12.6 Å². The van der Waals surface area contributed by atoms with Crippen molar-refractivity contribution in [3.63, 3.8) is 0 Å². The summed E-state index contributed by atoms with van der Waals surface area (Å²) in [6, 6.07) is 4.63. The lowest BCUT2D eigenvalue weighted by molar-refractivity contribution is 0.139. The average Bonchev–Trinajstić information content (AvgIpc) is 2.47. The first-order valence-corrected chi connectivity index (χ1v) is 7.44. The maximum atomic E-state index is 6.05. The molecule has 1 heterocycles. The number of anilines is 1. The molecule has 118 valence electrons. The van der Waals surface area contributed by atoms with Gasteiger partial charge < -0.3 is 20.1 Å². The summed E-state index contributed by atoms with van der Waals surface area (Å²) >= 11 is 0. The highest BCUT2D eigenvalue weighted by molar-refractivity contribution is 5.62. The Morgan fingerprint density at radius 2 is 1.90 bits per heavy atom. The van der Waals surface area contributed by atoms with Crippen molar-refractivity contribution in [2.45, 2.75) is 25.4 Å². The Morgan fingerprint density at radius 1 is 1.24 bits per heavy atom. The van der Waals surface area contributed by atoms with E-state index in [-0.39, 0.29) is 0 Å². The van der Waals surface area contributed by atoms with Gasteiger partial charge in [-0.25, -0.2) is 0 Å². The molecule has 0 spiro atoms. The number of hydrogen-bond acceptors (Lipinski definition) is 5. The minimum atomic E-state index is 0.614. The van der Waals surface area contributed by atoms with E-state index in [0.717, 1.165) is 12.1 Å². The molecule has 0 atom stereocenters. The predicted molar refractivity (Wildman–Crippen MR) is 85.9 cm³/mol. The molecule has 2 N–H and O–H groups in total. The molecule has 0 radical (unpaired) electrons. The molecule has 0 aromatic heterocycles. The van der Waals surface area contributed by atoms with E-state index < -0.39 is 0 Å². The molecule has 0 saturated carbocycles. The zero-order chi connectivity index (χ0) is 15.4. The normalized spacial score (nSPS) is 17.2. The number of nitrogen functional groups attached to an aromatic ring is 1. The van der Waals surface area contributed by atoms with Gasteiger partial charge in [0.1, 0.15) is 0 Å². The number of benzene rings is 1. The van der Waals surface area contributed by atoms with Crippen LogP contribution in [0.5, 0.6) is 11.5 Å². The molecule has 1 aromatic carbocycles. The van der Waals surface area contributed by atoms with Crippen molar-refractivity contribution in [1.29, 1.82) is 0 Å². The first-order chi connectivity index (χ1) is 10.0. The predicted octanol–water partition coefficient (Wildman–Crippen LogP) is 1.81. The van der Waals surface area contributed by atoms with Gasteiger partial charge in [-0.15, -0.1) is 0 Å². The van der Waals surface area contributed by atoms with Gasteiger partial charge in [-0.1, -0.05) is 0 Å². The van der Waals surface area contributed by atoms with Crippen LogP contribution in [0.3, 0.4) is 0 Å². The highest BCUT2D eigenvalue weighted by atomic mass is 16.5. The number of nitrogens with zero attached hydrogens (tertiary/aromatic N) is 2. The fraction of sp³-hybridized carbons (Fsp3) is 0.625. The summed E-state index contributed by atoms with van der Waals surface area (Å²) in [6.45, 7) is 3.21. The van der Waals surface area contributed by atoms with Crippen molar-refractivity contribution in [3.8, 4) is 11.5 Å². The van der Waals surface area contributed by atoms with E-state index in [1.54, 1.807) is 14.2 Å². The highest BCUT2D eigenvalue weighted by Gasteiger charge is 2.21. The molecule has 0 unspecified atom stereocenters. The third-order valence-electron chi connectivity index (χ3n) is 4.31. The maximum absolute atomic E-state index is 6.05. The van der Waals surface area contributed by atoms with E-state index >= 15 is 0 Å². The quantitative estimate of drug-likeness (QED) is 0.839. The Kier molecular flexibility index (Phi) is 5.31. The Morgan fingerprint density at radius 3 is 2.48 bits per heavy atom. The molecule has 0 aliphatic carbocycles. The molecule has 2 rings (SSSR count). The molecule has 1 aliphatic heterocycles. The van der Waals surface area contributed by atoms with Gasteiger partial charge in [-0.2, -0.15) is 0 Å². The molecule has 1 aromatic rings. The highest BCUT2D eigenvalue weighted by Crippen LogP contribution is 2.35. The van der Waals surface area contributed by atoms with E-state index in [0.29, 0.717) is 23.2 Å². The van der Waals surface area contributed by atoms with Crippen LogP contribution < -0.4 is 15.2 Å². The van der Waals surface area contributed by atoms with Gasteiger partial charge in [-0.05, 0) is 57.7 Å². The molecular formula is C16H27N3O2. The number of piperidine rings is 1. The van der Waals surface area contributed by atoms with Crippen LogP contribution >= 0.6 is 0 Å². The topological polar surface area (TPSA) is 51.0 Å². The maximum Gasteiger partial charge on any atom is 0.183 e. The van der Waals surface area contributed by atoms with Gasteiger partial charge >= 0.3 is 0 Å². The monoisotopic (exact) mass is 293 g/mol. The summed E-state index contributed by atoms with van der Waals surface area (Å²) in [5, 5.41) is 0. The van der Waals surface area contributed by atoms with Gasteiger partial charge in [0.25, 0.3) is 0 Å². The molecule has 0 amide bonds. The second kappa shape index (κ2) is 7.00. The van der Waals surface area contributed by atoms with Crippen LogP contribution in [0.1, 0.15) is 18.4 Å². The summed E-state index contributed by atoms with van der Waals surface area (Å²) < 4.78 is 10.7. The van der Waals surface area contributed by atoms with Crippen LogP contribution in [0.25, 0.3) is 0 Å². The van der Waals surface area contributed by atoms with Crippen molar-refractivity contribution >= 4 is 5.69 Å². The van der Waals surface area contributed by atoms with Crippen LogP contribution in [-0.2, 0) is 6.54 Å². The van der Waals surface area contributed by atoms with E-state index in [1.807, 2.05) is 12.1 Å². The van der Waals surface area contributed by atoms with Crippen LogP contribution in [0.2, 0.25) is 0 Å². The van der Waals surface area contributed by atoms with Gasteiger partial charge in [-0.3, -0.25) is 4.90 Å².